The van der Waals surface area contributed by atoms with Crippen molar-refractivity contribution >= 4 is 33.6 Å². The van der Waals surface area contributed by atoms with Crippen molar-refractivity contribution in [1.82, 2.24) is 10.3 Å². The summed E-state index contributed by atoms with van der Waals surface area (Å²) >= 11 is 3.37. The number of nitrogens with zero attached hydrogens (tertiary/aromatic N) is 1. The lowest BCUT2D eigenvalue weighted by molar-refractivity contribution is -0.140. The summed E-state index contributed by atoms with van der Waals surface area (Å²) in [4.78, 5) is 40.6. The molecule has 27 heavy (non-hydrogen) atoms. The van der Waals surface area contributed by atoms with E-state index < -0.39 is 17.9 Å². The quantitative estimate of drug-likeness (QED) is 0.503. The van der Waals surface area contributed by atoms with Crippen molar-refractivity contribution in [2.75, 3.05) is 7.11 Å². The molecule has 1 aliphatic rings. The number of rotatable bonds is 7. The number of ether oxygens (including phenoxy) is 1. The van der Waals surface area contributed by atoms with Gasteiger partial charge in [-0.05, 0) is 24.6 Å². The number of allylic oxidation sites excluding steroid dienone is 5. The molecule has 0 saturated carbocycles. The van der Waals surface area contributed by atoms with Gasteiger partial charge in [-0.3, -0.25) is 19.4 Å². The predicted octanol–water partition coefficient (Wildman–Crippen LogP) is 2.15. The fraction of sp³-hybridized carbons (Fsp3) is 0.263. The molecule has 3 N–H and O–H groups in total. The maximum atomic E-state index is 12.9. The van der Waals surface area contributed by atoms with Crippen molar-refractivity contribution in [1.29, 1.82) is 0 Å². The van der Waals surface area contributed by atoms with E-state index in [-0.39, 0.29) is 24.3 Å². The van der Waals surface area contributed by atoms with Crippen LogP contribution in [0.1, 0.15) is 29.8 Å². The second-order valence-corrected chi connectivity index (χ2v) is 6.70. The van der Waals surface area contributed by atoms with Gasteiger partial charge in [0.05, 0.1) is 13.2 Å². The number of hydrogen-bond donors (Lipinski definition) is 2. The molecule has 8 heteroatoms. The smallest absolute Gasteiger partial charge is 0.305 e. The Morgan fingerprint density at radius 3 is 2.81 bits per heavy atom. The lowest BCUT2D eigenvalue weighted by Gasteiger charge is -2.15. The molecule has 1 aromatic heterocycles. The summed E-state index contributed by atoms with van der Waals surface area (Å²) in [6, 6.07) is 4.14. The van der Waals surface area contributed by atoms with Gasteiger partial charge >= 0.3 is 5.97 Å². The van der Waals surface area contributed by atoms with Crippen molar-refractivity contribution in [2.45, 2.75) is 25.3 Å². The van der Waals surface area contributed by atoms with E-state index in [0.29, 0.717) is 22.2 Å². The first kappa shape index (κ1) is 20.7. The minimum atomic E-state index is -0.901. The summed E-state index contributed by atoms with van der Waals surface area (Å²) < 4.78 is 5.24. The van der Waals surface area contributed by atoms with Crippen LogP contribution in [0.2, 0.25) is 0 Å². The number of carbonyl (C=O) groups is 3. The number of aromatic nitrogens is 1. The molecule has 0 aliphatic heterocycles. The first-order chi connectivity index (χ1) is 12.9. The van der Waals surface area contributed by atoms with Gasteiger partial charge in [-0.15, -0.1) is 0 Å². The van der Waals surface area contributed by atoms with Gasteiger partial charge in [-0.1, -0.05) is 34.1 Å². The van der Waals surface area contributed by atoms with Gasteiger partial charge in [-0.2, -0.15) is 0 Å². The summed E-state index contributed by atoms with van der Waals surface area (Å²) in [5.74, 6) is -1.22. The van der Waals surface area contributed by atoms with Gasteiger partial charge in [0.2, 0.25) is 11.7 Å². The van der Waals surface area contributed by atoms with Crippen LogP contribution in [0.4, 0.5) is 0 Å². The van der Waals surface area contributed by atoms with Gasteiger partial charge < -0.3 is 15.8 Å². The van der Waals surface area contributed by atoms with Gasteiger partial charge in [0.25, 0.3) is 0 Å². The molecular formula is C19H20BrN3O4. The second-order valence-electron chi connectivity index (χ2n) is 5.78. The van der Waals surface area contributed by atoms with Crippen LogP contribution in [0.3, 0.4) is 0 Å². The maximum absolute atomic E-state index is 12.9. The zero-order valence-electron chi connectivity index (χ0n) is 14.8. The number of amides is 1. The van der Waals surface area contributed by atoms with Crippen LogP contribution >= 0.6 is 15.9 Å². The number of nitrogens with two attached hydrogens (primary N) is 1. The van der Waals surface area contributed by atoms with E-state index in [0.717, 1.165) is 0 Å². The topological polar surface area (TPSA) is 111 Å². The fourth-order valence-corrected chi connectivity index (χ4v) is 2.79. The molecule has 1 heterocycles. The Bertz CT molecular complexity index is 816. The monoisotopic (exact) mass is 433 g/mol. The van der Waals surface area contributed by atoms with Crippen molar-refractivity contribution in [3.8, 4) is 0 Å². The predicted molar refractivity (Wildman–Crippen MR) is 104 cm³/mol. The fourth-order valence-electron chi connectivity index (χ4n) is 2.38. The molecule has 0 unspecified atom stereocenters. The molecule has 0 saturated heterocycles. The Labute approximate surface area is 165 Å². The third-order valence-electron chi connectivity index (χ3n) is 3.85. The van der Waals surface area contributed by atoms with Crippen LogP contribution in [-0.4, -0.2) is 35.8 Å². The average Bonchev–Trinajstić information content (AvgIpc) is 2.87. The van der Waals surface area contributed by atoms with E-state index in [1.54, 1.807) is 30.4 Å². The molecule has 0 aromatic carbocycles. The third kappa shape index (κ3) is 5.97. The highest BCUT2D eigenvalue weighted by Crippen LogP contribution is 2.23. The molecule has 0 fully saturated rings. The Morgan fingerprint density at radius 1 is 1.37 bits per heavy atom. The largest absolute Gasteiger partial charge is 0.469 e. The SMILES string of the molecule is COC(=O)CC[C@H](N)C(=O)NC1=C(C(=O)c2ccccn2)C=C(Br)C=CC1. The van der Waals surface area contributed by atoms with Crippen LogP contribution in [0.5, 0.6) is 0 Å². The van der Waals surface area contributed by atoms with E-state index >= 15 is 0 Å². The Kier molecular flexibility index (Phi) is 7.63. The highest BCUT2D eigenvalue weighted by Gasteiger charge is 2.22. The van der Waals surface area contributed by atoms with Crippen LogP contribution in [0.15, 0.2) is 58.4 Å². The molecular weight excluding hydrogens is 414 g/mol. The minimum Gasteiger partial charge on any atom is -0.469 e. The molecule has 0 bridgehead atoms. The number of Topliss-reactive ketones (excluding diaryl/α,β-unsaturated/α-hetero) is 1. The number of halogens is 1. The van der Waals surface area contributed by atoms with Crippen molar-refractivity contribution in [3.05, 3.63) is 64.1 Å². The normalized spacial score (nSPS) is 14.9. The van der Waals surface area contributed by atoms with Crippen LogP contribution < -0.4 is 11.1 Å². The first-order valence-corrected chi connectivity index (χ1v) is 9.07. The van der Waals surface area contributed by atoms with Crippen molar-refractivity contribution in [2.24, 2.45) is 5.73 Å². The number of ketones is 1. The second kappa shape index (κ2) is 9.94. The zero-order valence-corrected chi connectivity index (χ0v) is 16.4. The third-order valence-corrected chi connectivity index (χ3v) is 4.34. The zero-order chi connectivity index (χ0) is 19.8. The highest BCUT2D eigenvalue weighted by atomic mass is 79.9. The number of methoxy groups -OCH3 is 1. The van der Waals surface area contributed by atoms with Crippen LogP contribution in [0.25, 0.3) is 0 Å². The number of esters is 1. The summed E-state index contributed by atoms with van der Waals surface area (Å²) in [5.41, 5.74) is 6.87. The van der Waals surface area contributed by atoms with E-state index in [9.17, 15) is 14.4 Å². The number of pyridine rings is 1. The average molecular weight is 434 g/mol. The Balaban J connectivity index is 2.23. The molecule has 7 nitrogen and oxygen atoms in total. The Morgan fingerprint density at radius 2 is 2.15 bits per heavy atom. The molecule has 1 amide bonds. The lowest BCUT2D eigenvalue weighted by Crippen LogP contribution is -2.41. The maximum Gasteiger partial charge on any atom is 0.305 e. The van der Waals surface area contributed by atoms with Crippen molar-refractivity contribution in [3.63, 3.8) is 0 Å². The molecule has 0 spiro atoms. The molecule has 142 valence electrons. The minimum absolute atomic E-state index is 0.0369. The Hall–Kier alpha value is -2.58. The highest BCUT2D eigenvalue weighted by molar-refractivity contribution is 9.11. The molecule has 1 aliphatic carbocycles. The van der Waals surface area contributed by atoms with E-state index in [4.69, 9.17) is 5.73 Å². The summed E-state index contributed by atoms with van der Waals surface area (Å²) in [7, 11) is 1.27. The van der Waals surface area contributed by atoms with Crippen LogP contribution in [0, 0.1) is 0 Å². The van der Waals surface area contributed by atoms with E-state index in [2.05, 4.69) is 31.0 Å². The molecule has 1 aromatic rings. The summed E-state index contributed by atoms with van der Waals surface area (Å²) in [5, 5.41) is 2.72. The molecule has 1 atom stereocenters. The summed E-state index contributed by atoms with van der Waals surface area (Å²) in [6.07, 6.45) is 7.30. The number of nitrogens with one attached hydrogen (secondary N) is 1. The van der Waals surface area contributed by atoms with Crippen molar-refractivity contribution < 1.29 is 19.1 Å². The molecule has 2 rings (SSSR count). The van der Waals surface area contributed by atoms with Gasteiger partial charge in [0.15, 0.2) is 0 Å². The lowest BCUT2D eigenvalue weighted by atomic mass is 10.0. The van der Waals surface area contributed by atoms with E-state index in [1.165, 1.54) is 13.3 Å². The van der Waals surface area contributed by atoms with E-state index in [1.807, 2.05) is 6.08 Å². The number of carbonyl (C=O) groups excluding carboxylic acids is 3. The standard InChI is InChI=1S/C19H20BrN3O4/c1-27-17(24)9-8-14(21)19(26)23-15-7-4-5-12(20)11-13(15)18(25)16-6-2-3-10-22-16/h2-6,10-11,14H,7-9,21H2,1H3,(H,23,26)/t14-/m0/s1. The van der Waals surface area contributed by atoms with Gasteiger partial charge in [0, 0.05) is 34.8 Å². The van der Waals surface area contributed by atoms with Gasteiger partial charge in [-0.25, -0.2) is 0 Å². The molecule has 0 radical (unpaired) electrons. The first-order valence-electron chi connectivity index (χ1n) is 8.28. The summed E-state index contributed by atoms with van der Waals surface area (Å²) in [6.45, 7) is 0. The number of hydrogen-bond acceptors (Lipinski definition) is 6. The van der Waals surface area contributed by atoms with Crippen LogP contribution in [-0.2, 0) is 14.3 Å². The van der Waals surface area contributed by atoms with Gasteiger partial charge in [0.1, 0.15) is 5.69 Å².